The average Bonchev–Trinajstić information content (AvgIpc) is 2.52. The van der Waals surface area contributed by atoms with Gasteiger partial charge in [-0.25, -0.2) is 0 Å². The number of rotatable bonds is 5. The van der Waals surface area contributed by atoms with Crippen LogP contribution in [-0.2, 0) is 11.2 Å². The van der Waals surface area contributed by atoms with Crippen LogP contribution in [0, 0.1) is 0 Å². The molecular weight excluding hydrogens is 184 g/mol. The predicted octanol–water partition coefficient (Wildman–Crippen LogP) is 1.44. The molecule has 0 radical (unpaired) electrons. The number of hydrogen-bond acceptors (Lipinski definition) is 4. The van der Waals surface area contributed by atoms with Crippen LogP contribution < -0.4 is 5.73 Å². The second-order valence-corrected chi connectivity index (χ2v) is 4.51. The summed E-state index contributed by atoms with van der Waals surface area (Å²) in [4.78, 5) is 5.26. The van der Waals surface area contributed by atoms with Crippen molar-refractivity contribution in [3.63, 3.8) is 0 Å². The lowest BCUT2D eigenvalue weighted by Gasteiger charge is -2.23. The van der Waals surface area contributed by atoms with Crippen LogP contribution in [0.5, 0.6) is 0 Å². The van der Waals surface area contributed by atoms with Crippen LogP contribution in [0.3, 0.4) is 0 Å². The maximum Gasteiger partial charge on any atom is 0.0794 e. The lowest BCUT2D eigenvalue weighted by molar-refractivity contribution is 0.172. The largest absolute Gasteiger partial charge is 0.385 e. The van der Waals surface area contributed by atoms with Gasteiger partial charge in [-0.1, -0.05) is 0 Å². The van der Waals surface area contributed by atoms with E-state index >= 15 is 0 Å². The van der Waals surface area contributed by atoms with Crippen LogP contribution >= 0.6 is 11.3 Å². The first-order chi connectivity index (χ1) is 6.14. The molecule has 1 aromatic rings. The van der Waals surface area contributed by atoms with Crippen LogP contribution in [-0.4, -0.2) is 24.2 Å². The molecule has 0 spiro atoms. The third-order valence-corrected chi connectivity index (χ3v) is 2.72. The van der Waals surface area contributed by atoms with Gasteiger partial charge in [0.05, 0.1) is 5.51 Å². The lowest BCUT2D eigenvalue weighted by Crippen LogP contribution is -2.39. The van der Waals surface area contributed by atoms with E-state index in [1.54, 1.807) is 18.4 Å². The summed E-state index contributed by atoms with van der Waals surface area (Å²) in [6.07, 6.45) is 3.63. The zero-order valence-electron chi connectivity index (χ0n) is 8.12. The van der Waals surface area contributed by atoms with Crippen molar-refractivity contribution < 1.29 is 4.74 Å². The van der Waals surface area contributed by atoms with Gasteiger partial charge < -0.3 is 10.5 Å². The summed E-state index contributed by atoms with van der Waals surface area (Å²) in [5.41, 5.74) is 7.75. The summed E-state index contributed by atoms with van der Waals surface area (Å²) < 4.78 is 5.00. The summed E-state index contributed by atoms with van der Waals surface area (Å²) in [5.74, 6) is 0. The molecule has 1 heterocycles. The van der Waals surface area contributed by atoms with Crippen molar-refractivity contribution in [2.75, 3.05) is 13.7 Å². The normalized spacial score (nSPS) is 15.6. The molecule has 1 aromatic heterocycles. The van der Waals surface area contributed by atoms with Crippen molar-refractivity contribution in [3.05, 3.63) is 16.6 Å². The number of methoxy groups -OCH3 is 1. The molecule has 0 saturated heterocycles. The fourth-order valence-electron chi connectivity index (χ4n) is 1.15. The number of aromatic nitrogens is 1. The first kappa shape index (κ1) is 10.6. The number of nitrogens with zero attached hydrogens (tertiary/aromatic N) is 1. The molecule has 74 valence electrons. The number of ether oxygens (including phenoxy) is 1. The molecule has 0 bridgehead atoms. The van der Waals surface area contributed by atoms with Gasteiger partial charge in [-0.3, -0.25) is 4.98 Å². The van der Waals surface area contributed by atoms with E-state index in [0.717, 1.165) is 12.8 Å². The number of nitrogens with two attached hydrogens (primary N) is 1. The minimum atomic E-state index is -0.178. The van der Waals surface area contributed by atoms with Crippen molar-refractivity contribution in [2.45, 2.75) is 25.3 Å². The Morgan fingerprint density at radius 3 is 3.00 bits per heavy atom. The molecule has 0 aromatic carbocycles. The third-order valence-electron chi connectivity index (χ3n) is 1.94. The standard InChI is InChI=1S/C9H16N2OS/c1-9(10,3-4-12-2)5-8-6-11-7-13-8/h6-7H,3-5,10H2,1-2H3. The van der Waals surface area contributed by atoms with Gasteiger partial charge in [0.2, 0.25) is 0 Å². The van der Waals surface area contributed by atoms with Crippen molar-refractivity contribution in [1.82, 2.24) is 4.98 Å². The molecule has 2 N–H and O–H groups in total. The van der Waals surface area contributed by atoms with Crippen molar-refractivity contribution in [1.29, 1.82) is 0 Å². The quantitative estimate of drug-likeness (QED) is 0.782. The molecule has 1 rings (SSSR count). The lowest BCUT2D eigenvalue weighted by atomic mass is 9.95. The summed E-state index contributed by atoms with van der Waals surface area (Å²) in [7, 11) is 1.70. The monoisotopic (exact) mass is 200 g/mol. The molecule has 13 heavy (non-hydrogen) atoms. The van der Waals surface area contributed by atoms with E-state index in [-0.39, 0.29) is 5.54 Å². The molecule has 0 amide bonds. The van der Waals surface area contributed by atoms with Crippen LogP contribution in [0.1, 0.15) is 18.2 Å². The fraction of sp³-hybridized carbons (Fsp3) is 0.667. The SMILES string of the molecule is COCCC(C)(N)Cc1cncs1. The molecule has 0 fully saturated rings. The Balaban J connectivity index is 2.42. The summed E-state index contributed by atoms with van der Waals surface area (Å²) in [6.45, 7) is 2.76. The second-order valence-electron chi connectivity index (χ2n) is 3.54. The first-order valence-corrected chi connectivity index (χ1v) is 5.17. The van der Waals surface area contributed by atoms with E-state index in [9.17, 15) is 0 Å². The number of thiazole rings is 1. The van der Waals surface area contributed by atoms with Crippen molar-refractivity contribution in [3.8, 4) is 0 Å². The Morgan fingerprint density at radius 2 is 2.46 bits per heavy atom. The summed E-state index contributed by atoms with van der Waals surface area (Å²) >= 11 is 1.65. The summed E-state index contributed by atoms with van der Waals surface area (Å²) in [5, 5.41) is 0. The van der Waals surface area contributed by atoms with Gasteiger partial charge in [-0.05, 0) is 13.3 Å². The highest BCUT2D eigenvalue weighted by Gasteiger charge is 2.19. The fourth-order valence-corrected chi connectivity index (χ4v) is 1.94. The molecule has 3 nitrogen and oxygen atoms in total. The first-order valence-electron chi connectivity index (χ1n) is 4.29. The zero-order chi connectivity index (χ0) is 9.73. The van der Waals surface area contributed by atoms with Gasteiger partial charge in [0.15, 0.2) is 0 Å². The Kier molecular flexibility index (Phi) is 3.84. The maximum absolute atomic E-state index is 6.09. The van der Waals surface area contributed by atoms with Crippen molar-refractivity contribution in [2.24, 2.45) is 5.73 Å². The molecular formula is C9H16N2OS. The highest BCUT2D eigenvalue weighted by Crippen LogP contribution is 2.16. The summed E-state index contributed by atoms with van der Waals surface area (Å²) in [6, 6.07) is 0. The van der Waals surface area contributed by atoms with Crippen LogP contribution in [0.15, 0.2) is 11.7 Å². The highest BCUT2D eigenvalue weighted by atomic mass is 32.1. The van der Waals surface area contributed by atoms with Gasteiger partial charge in [0.25, 0.3) is 0 Å². The van der Waals surface area contributed by atoms with E-state index < -0.39 is 0 Å². The van der Waals surface area contributed by atoms with Gasteiger partial charge >= 0.3 is 0 Å². The van der Waals surface area contributed by atoms with E-state index in [1.165, 1.54) is 4.88 Å². The molecule has 0 aliphatic heterocycles. The molecule has 0 aliphatic carbocycles. The third kappa shape index (κ3) is 3.85. The number of hydrogen-bond donors (Lipinski definition) is 1. The molecule has 0 saturated carbocycles. The molecule has 1 atom stereocenters. The van der Waals surface area contributed by atoms with E-state index in [1.807, 2.05) is 18.6 Å². The predicted molar refractivity (Wildman–Crippen MR) is 54.9 cm³/mol. The van der Waals surface area contributed by atoms with E-state index in [2.05, 4.69) is 4.98 Å². The van der Waals surface area contributed by atoms with Crippen LogP contribution in [0.2, 0.25) is 0 Å². The Hall–Kier alpha value is -0.450. The average molecular weight is 200 g/mol. The molecule has 0 aliphatic rings. The van der Waals surface area contributed by atoms with Gasteiger partial charge in [-0.15, -0.1) is 11.3 Å². The van der Waals surface area contributed by atoms with E-state index in [4.69, 9.17) is 10.5 Å². The van der Waals surface area contributed by atoms with Gasteiger partial charge in [0, 0.05) is 36.8 Å². The highest BCUT2D eigenvalue weighted by molar-refractivity contribution is 7.09. The zero-order valence-corrected chi connectivity index (χ0v) is 8.93. The molecule has 1 unspecified atom stereocenters. The van der Waals surface area contributed by atoms with Gasteiger partial charge in [0.1, 0.15) is 0 Å². The maximum atomic E-state index is 6.09. The van der Waals surface area contributed by atoms with Crippen LogP contribution in [0.4, 0.5) is 0 Å². The Labute approximate surface area is 82.9 Å². The smallest absolute Gasteiger partial charge is 0.0794 e. The van der Waals surface area contributed by atoms with E-state index in [0.29, 0.717) is 6.61 Å². The van der Waals surface area contributed by atoms with Crippen LogP contribution in [0.25, 0.3) is 0 Å². The molecule has 4 heteroatoms. The minimum absolute atomic E-state index is 0.178. The second kappa shape index (κ2) is 4.69. The van der Waals surface area contributed by atoms with Crippen molar-refractivity contribution >= 4 is 11.3 Å². The Morgan fingerprint density at radius 1 is 1.69 bits per heavy atom. The Bertz CT molecular complexity index is 234. The van der Waals surface area contributed by atoms with Gasteiger partial charge in [-0.2, -0.15) is 0 Å². The topological polar surface area (TPSA) is 48.1 Å². The minimum Gasteiger partial charge on any atom is -0.385 e.